The van der Waals surface area contributed by atoms with E-state index in [1.165, 1.54) is 11.1 Å². The van der Waals surface area contributed by atoms with Crippen molar-refractivity contribution in [1.29, 1.82) is 0 Å². The van der Waals surface area contributed by atoms with Crippen molar-refractivity contribution in [3.8, 4) is 11.4 Å². The third-order valence-electron chi connectivity index (χ3n) is 2.57. The Kier molecular flexibility index (Phi) is 2.97. The number of nitrogens with two attached hydrogens (primary N) is 1. The fraction of sp³-hybridized carbons (Fsp3) is 0.231. The standard InChI is InChI=1S/C13H15N3/c1-9-3-4-10(2)12(5-9)13-15-7-11(6-14)8-16-13/h3-5,7-8H,6,14H2,1-2H3. The van der Waals surface area contributed by atoms with E-state index in [2.05, 4.69) is 42.0 Å². The van der Waals surface area contributed by atoms with Gasteiger partial charge in [-0.15, -0.1) is 0 Å². The smallest absolute Gasteiger partial charge is 0.159 e. The van der Waals surface area contributed by atoms with Crippen LogP contribution in [-0.4, -0.2) is 9.97 Å². The van der Waals surface area contributed by atoms with Gasteiger partial charge in [-0.05, 0) is 25.5 Å². The van der Waals surface area contributed by atoms with Crippen molar-refractivity contribution < 1.29 is 0 Å². The van der Waals surface area contributed by atoms with Gasteiger partial charge in [-0.1, -0.05) is 17.7 Å². The van der Waals surface area contributed by atoms with Gasteiger partial charge in [0.1, 0.15) is 0 Å². The fourth-order valence-corrected chi connectivity index (χ4v) is 1.58. The number of hydrogen-bond acceptors (Lipinski definition) is 3. The molecule has 0 aliphatic carbocycles. The first-order chi connectivity index (χ1) is 7.70. The van der Waals surface area contributed by atoms with Crippen molar-refractivity contribution in [2.75, 3.05) is 0 Å². The highest BCUT2D eigenvalue weighted by molar-refractivity contribution is 5.60. The second-order valence-electron chi connectivity index (χ2n) is 3.94. The van der Waals surface area contributed by atoms with Crippen LogP contribution in [0.2, 0.25) is 0 Å². The predicted octanol–water partition coefficient (Wildman–Crippen LogP) is 2.22. The second-order valence-corrected chi connectivity index (χ2v) is 3.94. The molecule has 0 saturated heterocycles. The monoisotopic (exact) mass is 213 g/mol. The maximum atomic E-state index is 5.51. The van der Waals surface area contributed by atoms with Crippen LogP contribution in [0.15, 0.2) is 30.6 Å². The number of aryl methyl sites for hydroxylation is 2. The van der Waals surface area contributed by atoms with Crippen LogP contribution in [0.5, 0.6) is 0 Å². The van der Waals surface area contributed by atoms with Crippen LogP contribution in [0.25, 0.3) is 11.4 Å². The number of rotatable bonds is 2. The van der Waals surface area contributed by atoms with Gasteiger partial charge in [0.15, 0.2) is 5.82 Å². The van der Waals surface area contributed by atoms with E-state index in [4.69, 9.17) is 5.73 Å². The maximum Gasteiger partial charge on any atom is 0.159 e. The highest BCUT2D eigenvalue weighted by Gasteiger charge is 2.04. The van der Waals surface area contributed by atoms with Crippen LogP contribution in [-0.2, 0) is 6.54 Å². The molecule has 0 atom stereocenters. The Morgan fingerprint density at radius 1 is 1.12 bits per heavy atom. The summed E-state index contributed by atoms with van der Waals surface area (Å²) in [5, 5.41) is 0. The summed E-state index contributed by atoms with van der Waals surface area (Å²) in [4.78, 5) is 8.66. The fourth-order valence-electron chi connectivity index (χ4n) is 1.58. The molecule has 3 nitrogen and oxygen atoms in total. The molecule has 0 aliphatic heterocycles. The van der Waals surface area contributed by atoms with Crippen LogP contribution in [0, 0.1) is 13.8 Å². The van der Waals surface area contributed by atoms with Crippen LogP contribution in [0.1, 0.15) is 16.7 Å². The molecule has 0 fully saturated rings. The number of aromatic nitrogens is 2. The third-order valence-corrected chi connectivity index (χ3v) is 2.57. The summed E-state index contributed by atoms with van der Waals surface area (Å²) < 4.78 is 0. The van der Waals surface area contributed by atoms with Crippen LogP contribution in [0.4, 0.5) is 0 Å². The van der Waals surface area contributed by atoms with Crippen molar-refractivity contribution >= 4 is 0 Å². The van der Waals surface area contributed by atoms with Crippen molar-refractivity contribution in [1.82, 2.24) is 9.97 Å². The maximum absolute atomic E-state index is 5.51. The van der Waals surface area contributed by atoms with E-state index < -0.39 is 0 Å². The molecule has 1 heterocycles. The highest BCUT2D eigenvalue weighted by atomic mass is 14.9. The molecule has 0 unspecified atom stereocenters. The van der Waals surface area contributed by atoms with Gasteiger partial charge in [0.2, 0.25) is 0 Å². The number of nitrogens with zero attached hydrogens (tertiary/aromatic N) is 2. The minimum absolute atomic E-state index is 0.479. The first kappa shape index (κ1) is 10.8. The summed E-state index contributed by atoms with van der Waals surface area (Å²) in [6, 6.07) is 6.28. The normalized spacial score (nSPS) is 10.4. The predicted molar refractivity (Wildman–Crippen MR) is 64.8 cm³/mol. The number of hydrogen-bond donors (Lipinski definition) is 1. The summed E-state index contributed by atoms with van der Waals surface area (Å²) in [6.45, 7) is 4.61. The summed E-state index contributed by atoms with van der Waals surface area (Å²) in [7, 11) is 0. The molecule has 3 heteroatoms. The zero-order valence-corrected chi connectivity index (χ0v) is 9.57. The van der Waals surface area contributed by atoms with E-state index in [1.54, 1.807) is 12.4 Å². The molecule has 82 valence electrons. The molecule has 0 saturated carbocycles. The Bertz CT molecular complexity index is 489. The van der Waals surface area contributed by atoms with Crippen molar-refractivity contribution in [3.05, 3.63) is 47.3 Å². The van der Waals surface area contributed by atoms with Crippen LogP contribution < -0.4 is 5.73 Å². The first-order valence-electron chi connectivity index (χ1n) is 5.29. The molecule has 2 N–H and O–H groups in total. The van der Waals surface area contributed by atoms with Gasteiger partial charge in [-0.3, -0.25) is 0 Å². The lowest BCUT2D eigenvalue weighted by molar-refractivity contribution is 1.01. The van der Waals surface area contributed by atoms with Crippen molar-refractivity contribution in [2.24, 2.45) is 5.73 Å². The van der Waals surface area contributed by atoms with Gasteiger partial charge in [0.05, 0.1) is 0 Å². The zero-order valence-electron chi connectivity index (χ0n) is 9.57. The lowest BCUT2D eigenvalue weighted by atomic mass is 10.1. The Morgan fingerprint density at radius 2 is 1.81 bits per heavy atom. The molecule has 1 aromatic carbocycles. The van der Waals surface area contributed by atoms with Gasteiger partial charge < -0.3 is 5.73 Å². The first-order valence-corrected chi connectivity index (χ1v) is 5.29. The SMILES string of the molecule is Cc1ccc(C)c(-c2ncc(CN)cn2)c1. The number of benzene rings is 1. The van der Waals surface area contributed by atoms with E-state index in [0.29, 0.717) is 6.54 Å². The molecule has 0 bridgehead atoms. The molecule has 2 aromatic rings. The largest absolute Gasteiger partial charge is 0.326 e. The minimum Gasteiger partial charge on any atom is -0.326 e. The van der Waals surface area contributed by atoms with Gasteiger partial charge in [0.25, 0.3) is 0 Å². The summed E-state index contributed by atoms with van der Waals surface area (Å²) in [5.74, 6) is 0.762. The Labute approximate surface area is 95.4 Å². The topological polar surface area (TPSA) is 51.8 Å². The van der Waals surface area contributed by atoms with Gasteiger partial charge in [-0.2, -0.15) is 0 Å². The van der Waals surface area contributed by atoms with E-state index in [1.807, 2.05) is 0 Å². The molecule has 0 radical (unpaired) electrons. The second kappa shape index (κ2) is 4.41. The van der Waals surface area contributed by atoms with Crippen molar-refractivity contribution in [3.63, 3.8) is 0 Å². The molecule has 0 spiro atoms. The quantitative estimate of drug-likeness (QED) is 0.832. The molecular weight excluding hydrogens is 198 g/mol. The van der Waals surface area contributed by atoms with E-state index in [0.717, 1.165) is 17.0 Å². The Balaban J connectivity index is 2.45. The molecular formula is C13H15N3. The Hall–Kier alpha value is -1.74. The van der Waals surface area contributed by atoms with E-state index in [-0.39, 0.29) is 0 Å². The van der Waals surface area contributed by atoms with Crippen molar-refractivity contribution in [2.45, 2.75) is 20.4 Å². The third kappa shape index (κ3) is 2.09. The van der Waals surface area contributed by atoms with Gasteiger partial charge >= 0.3 is 0 Å². The minimum atomic E-state index is 0.479. The molecule has 0 amide bonds. The molecule has 0 aliphatic rings. The van der Waals surface area contributed by atoms with Gasteiger partial charge in [0, 0.05) is 30.1 Å². The summed E-state index contributed by atoms with van der Waals surface area (Å²) >= 11 is 0. The van der Waals surface area contributed by atoms with Crippen LogP contribution in [0.3, 0.4) is 0 Å². The Morgan fingerprint density at radius 3 is 2.44 bits per heavy atom. The lowest BCUT2D eigenvalue weighted by Gasteiger charge is -2.06. The lowest BCUT2D eigenvalue weighted by Crippen LogP contribution is -1.99. The van der Waals surface area contributed by atoms with Gasteiger partial charge in [-0.25, -0.2) is 9.97 Å². The van der Waals surface area contributed by atoms with E-state index in [9.17, 15) is 0 Å². The zero-order chi connectivity index (χ0) is 11.5. The van der Waals surface area contributed by atoms with E-state index >= 15 is 0 Å². The summed E-state index contributed by atoms with van der Waals surface area (Å²) in [6.07, 6.45) is 3.56. The molecule has 16 heavy (non-hydrogen) atoms. The average molecular weight is 213 g/mol. The summed E-state index contributed by atoms with van der Waals surface area (Å²) in [5.41, 5.74) is 9.95. The average Bonchev–Trinajstić information content (AvgIpc) is 2.32. The molecule has 2 rings (SSSR count). The highest BCUT2D eigenvalue weighted by Crippen LogP contribution is 2.20. The molecule has 1 aromatic heterocycles. The van der Waals surface area contributed by atoms with Crippen LogP contribution >= 0.6 is 0 Å².